The van der Waals surface area contributed by atoms with Crippen LogP contribution in [0.25, 0.3) is 11.4 Å². The Balaban J connectivity index is 0.00000140. The molecule has 0 bridgehead atoms. The largest absolute Gasteiger partial charge is 1.00 e. The Labute approximate surface area is 171 Å². The number of methoxy groups -OCH3 is 2. The second kappa shape index (κ2) is 8.20. The summed E-state index contributed by atoms with van der Waals surface area (Å²) in [4.78, 5) is 0. The van der Waals surface area contributed by atoms with E-state index in [4.69, 9.17) is 14.6 Å². The summed E-state index contributed by atoms with van der Waals surface area (Å²) in [6.07, 6.45) is 3.03. The molecule has 150 valence electrons. The van der Waals surface area contributed by atoms with E-state index < -0.39 is 0 Å². The van der Waals surface area contributed by atoms with Crippen LogP contribution in [0, 0.1) is 0 Å². The lowest BCUT2D eigenvalue weighted by Gasteiger charge is -2.29. The van der Waals surface area contributed by atoms with Crippen LogP contribution < -0.4 is 26.4 Å². The van der Waals surface area contributed by atoms with Crippen LogP contribution in [0.5, 0.6) is 11.5 Å². The Bertz CT molecular complexity index is 955. The minimum absolute atomic E-state index is 0. The first-order valence-electron chi connectivity index (χ1n) is 8.80. The molecule has 0 radical (unpaired) electrons. The molecule has 2 N–H and O–H groups in total. The summed E-state index contributed by atoms with van der Waals surface area (Å²) in [5.41, 5.74) is 3.52. The van der Waals surface area contributed by atoms with E-state index in [0.717, 1.165) is 35.9 Å². The molecule has 0 saturated heterocycles. The second-order valence-electron chi connectivity index (χ2n) is 7.35. The lowest BCUT2D eigenvalue weighted by Crippen LogP contribution is -3.00. The normalized spacial score (nSPS) is 13.4. The zero-order valence-electron chi connectivity index (χ0n) is 16.6. The summed E-state index contributed by atoms with van der Waals surface area (Å²) < 4.78 is 15.3. The third kappa shape index (κ3) is 3.70. The van der Waals surface area contributed by atoms with Crippen LogP contribution in [0.2, 0.25) is 0 Å². The predicted octanol–water partition coefficient (Wildman–Crippen LogP) is -0.626. The Morgan fingerprint density at radius 3 is 2.36 bits per heavy atom. The number of rotatable bonds is 4. The van der Waals surface area contributed by atoms with Gasteiger partial charge in [0.2, 0.25) is 6.33 Å². The van der Waals surface area contributed by atoms with E-state index in [-0.39, 0.29) is 23.4 Å². The number of hydrogen-bond donors (Lipinski definition) is 0. The van der Waals surface area contributed by atoms with E-state index in [2.05, 4.69) is 55.1 Å². The van der Waals surface area contributed by atoms with Crippen LogP contribution in [0.4, 0.5) is 0 Å². The maximum atomic E-state index is 5.50. The Morgan fingerprint density at radius 2 is 1.71 bits per heavy atom. The molecule has 0 aliphatic carbocycles. The molecule has 1 aromatic heterocycles. The van der Waals surface area contributed by atoms with E-state index in [1.54, 1.807) is 14.2 Å². The third-order valence-corrected chi connectivity index (χ3v) is 5.01. The van der Waals surface area contributed by atoms with Gasteiger partial charge in [-0.15, -0.1) is 4.68 Å². The van der Waals surface area contributed by atoms with Crippen molar-refractivity contribution in [3.8, 4) is 22.9 Å². The van der Waals surface area contributed by atoms with E-state index in [1.165, 1.54) is 11.1 Å². The fourth-order valence-electron chi connectivity index (χ4n) is 3.68. The highest BCUT2D eigenvalue weighted by molar-refractivity contribution is 5.65. The highest BCUT2D eigenvalue weighted by Crippen LogP contribution is 2.39. The monoisotopic (exact) mass is 403 g/mol. The first-order chi connectivity index (χ1) is 12.5. The van der Waals surface area contributed by atoms with Gasteiger partial charge in [-0.3, -0.25) is 0 Å². The molecular formula is C21H26ClN3O3. The lowest BCUT2D eigenvalue weighted by atomic mass is 9.87. The number of halogens is 1. The molecule has 0 spiro atoms. The van der Waals surface area contributed by atoms with Crippen molar-refractivity contribution in [2.45, 2.75) is 32.4 Å². The third-order valence-electron chi connectivity index (χ3n) is 5.01. The van der Waals surface area contributed by atoms with Crippen LogP contribution in [0.1, 0.15) is 25.0 Å². The molecule has 7 heteroatoms. The van der Waals surface area contributed by atoms with Gasteiger partial charge in [0.05, 0.1) is 25.3 Å². The molecule has 0 atom stereocenters. The zero-order valence-corrected chi connectivity index (χ0v) is 17.3. The second-order valence-corrected chi connectivity index (χ2v) is 7.35. The van der Waals surface area contributed by atoms with E-state index >= 15 is 0 Å². The topological polar surface area (TPSA) is 71.7 Å². The van der Waals surface area contributed by atoms with Crippen molar-refractivity contribution in [2.75, 3.05) is 14.2 Å². The average molecular weight is 404 g/mol. The van der Waals surface area contributed by atoms with Gasteiger partial charge in [-0.05, 0) is 37.1 Å². The maximum absolute atomic E-state index is 5.50. The molecule has 2 aromatic carbocycles. The minimum Gasteiger partial charge on any atom is -1.00 e. The number of fused-ring (bicyclic) bond motifs is 3. The molecule has 1 aliphatic heterocycles. The van der Waals surface area contributed by atoms with Gasteiger partial charge < -0.3 is 27.4 Å². The van der Waals surface area contributed by atoms with Gasteiger partial charge in [0.25, 0.3) is 0 Å². The minimum atomic E-state index is -0.0587. The van der Waals surface area contributed by atoms with Gasteiger partial charge in [-0.2, -0.15) is 0 Å². The van der Waals surface area contributed by atoms with E-state index in [1.807, 2.05) is 16.8 Å². The van der Waals surface area contributed by atoms with Crippen LogP contribution in [0.15, 0.2) is 48.8 Å². The van der Waals surface area contributed by atoms with Crippen molar-refractivity contribution < 1.29 is 31.9 Å². The summed E-state index contributed by atoms with van der Waals surface area (Å²) in [6, 6.07) is 14.5. The fourth-order valence-corrected chi connectivity index (χ4v) is 3.68. The van der Waals surface area contributed by atoms with Crippen LogP contribution in [-0.2, 0) is 18.5 Å². The summed E-state index contributed by atoms with van der Waals surface area (Å²) in [5.74, 6) is 2.46. The van der Waals surface area contributed by atoms with Crippen molar-refractivity contribution in [1.82, 2.24) is 9.78 Å². The maximum Gasteiger partial charge on any atom is 0.309 e. The highest BCUT2D eigenvalue weighted by Gasteiger charge is 2.39. The molecule has 0 amide bonds. The lowest BCUT2D eigenvalue weighted by molar-refractivity contribution is -0.750. The van der Waals surface area contributed by atoms with Gasteiger partial charge >= 0.3 is 5.82 Å². The number of benzene rings is 2. The van der Waals surface area contributed by atoms with Crippen LogP contribution in [0.3, 0.4) is 0 Å². The fraction of sp³-hybridized carbons (Fsp3) is 0.333. The first-order valence-corrected chi connectivity index (χ1v) is 8.80. The van der Waals surface area contributed by atoms with E-state index in [9.17, 15) is 0 Å². The summed E-state index contributed by atoms with van der Waals surface area (Å²) >= 11 is 0. The number of aromatic nitrogens is 3. The van der Waals surface area contributed by atoms with Gasteiger partial charge in [0.1, 0.15) is 6.54 Å². The summed E-state index contributed by atoms with van der Waals surface area (Å²) in [6.45, 7) is 5.23. The molecule has 0 saturated carbocycles. The zero-order chi connectivity index (χ0) is 18.3. The predicted molar refractivity (Wildman–Crippen MR) is 103 cm³/mol. The average Bonchev–Trinajstić information content (AvgIpc) is 3.06. The number of ether oxygens (including phenoxy) is 2. The molecular weight excluding hydrogens is 378 g/mol. The van der Waals surface area contributed by atoms with Crippen molar-refractivity contribution in [2.24, 2.45) is 0 Å². The molecule has 6 nitrogen and oxygen atoms in total. The van der Waals surface area contributed by atoms with Crippen molar-refractivity contribution in [1.29, 1.82) is 0 Å². The van der Waals surface area contributed by atoms with Gasteiger partial charge in [0, 0.05) is 11.5 Å². The number of hydrogen-bond acceptors (Lipinski definition) is 3. The van der Waals surface area contributed by atoms with Gasteiger partial charge in [-0.1, -0.05) is 30.3 Å². The molecule has 1 aliphatic rings. The van der Waals surface area contributed by atoms with E-state index in [0.29, 0.717) is 0 Å². The molecule has 4 rings (SSSR count). The standard InChI is InChI=1S/C21H24N3O2.ClH.H2O/c1-21(2)12-16-10-18(25-3)19(26-4)11-17(16)20-22-23(14-24(20)21)13-15-8-6-5-7-9-15;;/h5-11,14H,12-13H2,1-4H3;1H;1H2/q+1;;/p-1. The van der Waals surface area contributed by atoms with Crippen LogP contribution >= 0.6 is 0 Å². The van der Waals surface area contributed by atoms with Crippen molar-refractivity contribution >= 4 is 0 Å². The smallest absolute Gasteiger partial charge is 0.309 e. The molecule has 0 unspecified atom stereocenters. The molecule has 28 heavy (non-hydrogen) atoms. The highest BCUT2D eigenvalue weighted by atomic mass is 35.5. The molecule has 2 heterocycles. The molecule has 0 fully saturated rings. The number of nitrogens with zero attached hydrogens (tertiary/aromatic N) is 3. The Morgan fingerprint density at radius 1 is 1.07 bits per heavy atom. The Kier molecular flexibility index (Phi) is 6.37. The summed E-state index contributed by atoms with van der Waals surface area (Å²) in [5, 5.41) is 4.90. The van der Waals surface area contributed by atoms with Crippen molar-refractivity contribution in [3.63, 3.8) is 0 Å². The van der Waals surface area contributed by atoms with Crippen molar-refractivity contribution in [3.05, 3.63) is 59.9 Å². The SMILES string of the molecule is COc1cc2c(cc1OC)-c1nn(Cc3ccccc3)c[n+]1C(C)(C)C2.O.[Cl-]. The van der Waals surface area contributed by atoms with Gasteiger partial charge in [-0.25, -0.2) is 4.57 Å². The van der Waals surface area contributed by atoms with Gasteiger partial charge in [0.15, 0.2) is 11.5 Å². The quantitative estimate of drug-likeness (QED) is 0.545. The molecule has 3 aromatic rings. The first kappa shape index (κ1) is 21.7. The Hall–Kier alpha value is -2.57. The summed E-state index contributed by atoms with van der Waals surface area (Å²) in [7, 11) is 3.34. The van der Waals surface area contributed by atoms with Crippen LogP contribution in [-0.4, -0.2) is 29.5 Å².